The number of pyridine rings is 1. The molecular weight excluding hydrogens is 1530 g/mol. The molecular formula is C94H102N22O6. The van der Waals surface area contributed by atoms with E-state index in [4.69, 9.17) is 46.7 Å². The summed E-state index contributed by atoms with van der Waals surface area (Å²) >= 11 is 0. The molecule has 2 saturated carbocycles. The van der Waals surface area contributed by atoms with E-state index in [1.807, 2.05) is 229 Å². The van der Waals surface area contributed by atoms with Crippen LogP contribution in [-0.4, -0.2) is 192 Å². The Bertz CT molecular complexity index is 5780. The molecule has 3 saturated heterocycles. The highest BCUT2D eigenvalue weighted by atomic mass is 16.5. The van der Waals surface area contributed by atoms with E-state index in [2.05, 4.69) is 64.1 Å². The van der Waals surface area contributed by atoms with Gasteiger partial charge in [0.05, 0.1) is 34.3 Å². The molecule has 10 heterocycles. The van der Waals surface area contributed by atoms with Crippen molar-refractivity contribution < 1.29 is 28.6 Å². The van der Waals surface area contributed by atoms with Gasteiger partial charge in [-0.2, -0.15) is 15.3 Å². The number of nitrogens with zero attached hydrogens (tertiary/aromatic N) is 18. The molecule has 13 aromatic rings. The number of anilines is 4. The second kappa shape index (κ2) is 39.0. The number of likely N-dealkylation sites (N-methyl/N-ethyl adjacent to an activating group) is 2. The lowest BCUT2D eigenvalue weighted by atomic mass is 10.1. The van der Waals surface area contributed by atoms with Crippen molar-refractivity contribution in [3.8, 4) is 68.3 Å². The molecule has 7 N–H and O–H groups in total. The van der Waals surface area contributed by atoms with Gasteiger partial charge in [0.2, 0.25) is 17.7 Å². The smallest absolute Gasteiger partial charge is 0.246 e. The van der Waals surface area contributed by atoms with Crippen LogP contribution in [0.25, 0.3) is 66.9 Å². The minimum Gasteiger partial charge on any atom is -0.457 e. The molecule has 0 radical (unpaired) electrons. The van der Waals surface area contributed by atoms with Gasteiger partial charge in [-0.1, -0.05) is 105 Å². The van der Waals surface area contributed by atoms with Crippen molar-refractivity contribution in [2.24, 2.45) is 0 Å². The Morgan fingerprint density at radius 2 is 0.721 bits per heavy atom. The number of para-hydroxylation sites is 3. The molecule has 5 aliphatic rings. The van der Waals surface area contributed by atoms with Crippen molar-refractivity contribution in [2.45, 2.75) is 114 Å². The number of hydrogen-bond donors (Lipinski definition) is 4. The van der Waals surface area contributed by atoms with Gasteiger partial charge in [-0.25, -0.2) is 48.9 Å². The van der Waals surface area contributed by atoms with Crippen LogP contribution < -0.4 is 36.7 Å². The van der Waals surface area contributed by atoms with Crippen LogP contribution >= 0.6 is 0 Å². The molecule has 7 aromatic heterocycles. The Hall–Kier alpha value is -13.7. The molecule has 28 nitrogen and oxygen atoms in total. The molecule has 18 rings (SSSR count). The summed E-state index contributed by atoms with van der Waals surface area (Å²) in [7, 11) is 4.30. The first-order chi connectivity index (χ1) is 59.8. The first-order valence-corrected chi connectivity index (χ1v) is 42.2. The van der Waals surface area contributed by atoms with Gasteiger partial charge in [0.15, 0.2) is 16.9 Å². The lowest BCUT2D eigenvalue weighted by Gasteiger charge is -2.32. The van der Waals surface area contributed by atoms with E-state index < -0.39 is 0 Å². The molecule has 0 unspecified atom stereocenters. The number of nitrogen functional groups attached to an aromatic ring is 3. The molecule has 122 heavy (non-hydrogen) atoms. The van der Waals surface area contributed by atoms with Crippen LogP contribution in [0.3, 0.4) is 0 Å². The quantitative estimate of drug-likeness (QED) is 0.0408. The Balaban J connectivity index is 0.000000136. The third kappa shape index (κ3) is 19.7. The fourth-order valence-corrected chi connectivity index (χ4v) is 16.9. The summed E-state index contributed by atoms with van der Waals surface area (Å²) in [4.78, 5) is 80.1. The van der Waals surface area contributed by atoms with Crippen molar-refractivity contribution in [1.29, 1.82) is 0 Å². The number of likely N-dealkylation sites (tertiary alicyclic amines) is 3. The summed E-state index contributed by atoms with van der Waals surface area (Å²) in [5, 5.41) is 20.3. The maximum absolute atomic E-state index is 13.1. The Morgan fingerprint density at radius 1 is 0.385 bits per heavy atom. The minimum atomic E-state index is -0.0426. The summed E-state index contributed by atoms with van der Waals surface area (Å²) in [6, 6.07) is 59.2. The number of benzene rings is 6. The molecule has 3 atom stereocenters. The molecule has 0 spiro atoms. The largest absolute Gasteiger partial charge is 0.457 e. The monoisotopic (exact) mass is 1630 g/mol. The van der Waals surface area contributed by atoms with Crippen molar-refractivity contribution >= 4 is 74.1 Å². The first kappa shape index (κ1) is 82.0. The van der Waals surface area contributed by atoms with Crippen LogP contribution in [0.4, 0.5) is 23.3 Å². The average molecular weight is 1640 g/mol. The number of ether oxygens (including phenoxy) is 3. The van der Waals surface area contributed by atoms with E-state index in [-0.39, 0.29) is 35.8 Å². The predicted molar refractivity (Wildman–Crippen MR) is 475 cm³/mol. The topological polar surface area (TPSA) is 329 Å². The van der Waals surface area contributed by atoms with E-state index in [1.54, 1.807) is 24.4 Å². The molecule has 3 aliphatic heterocycles. The van der Waals surface area contributed by atoms with Gasteiger partial charge in [0, 0.05) is 112 Å². The number of nitrogens with one attached hydrogen (secondary N) is 1. The molecule has 0 bridgehead atoms. The van der Waals surface area contributed by atoms with Gasteiger partial charge in [-0.05, 0) is 193 Å². The number of hydrogen-bond acceptors (Lipinski definition) is 22. The van der Waals surface area contributed by atoms with E-state index in [0.29, 0.717) is 96.8 Å². The highest BCUT2D eigenvalue weighted by Crippen LogP contribution is 2.40. The molecule has 6 aromatic carbocycles. The van der Waals surface area contributed by atoms with E-state index in [0.717, 1.165) is 131 Å². The van der Waals surface area contributed by atoms with Gasteiger partial charge in [0.1, 0.15) is 93.8 Å². The number of carbonyl (C=O) groups is 3. The van der Waals surface area contributed by atoms with Crippen molar-refractivity contribution in [1.82, 2.24) is 88.7 Å². The fourth-order valence-electron chi connectivity index (χ4n) is 16.9. The molecule has 5 fully saturated rings. The van der Waals surface area contributed by atoms with Crippen LogP contribution in [0.1, 0.15) is 102 Å². The maximum Gasteiger partial charge on any atom is 0.246 e. The van der Waals surface area contributed by atoms with Crippen LogP contribution in [0.15, 0.2) is 244 Å². The summed E-state index contributed by atoms with van der Waals surface area (Å²) in [6.07, 6.45) is 31.6. The number of amides is 3. The van der Waals surface area contributed by atoms with Crippen molar-refractivity contribution in [3.05, 3.63) is 244 Å². The normalized spacial score (nSPS) is 17.1. The zero-order valence-electron chi connectivity index (χ0n) is 68.8. The molecule has 28 heteroatoms. The third-order valence-corrected chi connectivity index (χ3v) is 23.3. The van der Waals surface area contributed by atoms with Gasteiger partial charge in [0.25, 0.3) is 0 Å². The second-order valence-electron chi connectivity index (χ2n) is 31.5. The fraction of sp³-hybridized carbons (Fsp3) is 0.309. The van der Waals surface area contributed by atoms with Crippen LogP contribution in [0, 0.1) is 0 Å². The van der Waals surface area contributed by atoms with E-state index in [9.17, 15) is 14.4 Å². The standard InChI is InChI=1S/C32H37N7O2.C31H30N8O2.C31H35N7O2/c1-37(24-9-5-6-10-24)19-8-14-28(40)38-20-7-11-25(21-38)39-32-29(31(33)34-22-35-32)30(36-39)23-15-17-27(18-16-23)41-26-12-3-2-4-13-26;32-30-28-29(22-13-15-25(16-14-22)41-24-9-2-1-3-10-24)37-39(31(28)36-21-35-30)23-8-7-19-38(20-23)27(40)12-6-18-34-26-11-4-5-17-33-26;1-36(23-8-5-6-9-23)18-7-12-27(39)37-19-17-24(20-37)38-31-28(30(32)33-21-34-31)29(35-38)22-13-15-26(16-14-22)40-25-10-3-2-4-11-25/h2-4,8,12-18,22,24-25H,5-7,9-11,19-21H2,1H3,(H2,33,34,35);1-6,9-17,21,23H,7-8,18-20H2,(H,33,34)(H2,32,35,36);2-4,7,10-16,21,23-24H,5-6,8-9,17-20H2,1H3,(H2,32,33,34)/b14-8+;12-6+;12-7+/t25-;23-;24-/m111/s1. The minimum absolute atomic E-state index is 0.00440. The molecule has 3 amide bonds. The van der Waals surface area contributed by atoms with E-state index in [1.165, 1.54) is 70.3 Å². The average Bonchev–Trinajstić information content (AvgIpc) is 1.62. The van der Waals surface area contributed by atoms with Crippen LogP contribution in [-0.2, 0) is 14.4 Å². The Labute approximate surface area is 708 Å². The summed E-state index contributed by atoms with van der Waals surface area (Å²) < 4.78 is 23.6. The van der Waals surface area contributed by atoms with Crippen LogP contribution in [0.5, 0.6) is 34.5 Å². The van der Waals surface area contributed by atoms with Crippen molar-refractivity contribution in [3.63, 3.8) is 0 Å². The Kier molecular flexibility index (Phi) is 26.2. The third-order valence-electron chi connectivity index (χ3n) is 23.3. The van der Waals surface area contributed by atoms with Gasteiger partial charge < -0.3 is 51.4 Å². The molecule has 624 valence electrons. The number of nitrogens with two attached hydrogens (primary N) is 3. The molecule has 2 aliphatic carbocycles. The van der Waals surface area contributed by atoms with E-state index >= 15 is 0 Å². The Morgan fingerprint density at radius 3 is 1.08 bits per heavy atom. The number of carbonyl (C=O) groups excluding carboxylic acids is 3. The zero-order chi connectivity index (χ0) is 83.7. The van der Waals surface area contributed by atoms with Gasteiger partial charge >= 0.3 is 0 Å². The van der Waals surface area contributed by atoms with Crippen molar-refractivity contribution in [2.75, 3.05) is 95.5 Å². The summed E-state index contributed by atoms with van der Waals surface area (Å²) in [5.74, 6) is 6.48. The number of rotatable bonds is 24. The zero-order valence-corrected chi connectivity index (χ0v) is 68.8. The number of fused-ring (bicyclic) bond motifs is 3. The SMILES string of the molecule is CN(C/C=C/C(=O)N1CCC[C@@H](n2nc(-c3ccc(Oc4ccccc4)cc3)c3c(N)ncnc32)C1)C1CCCC1.CN(C/C=C/C(=O)N1CC[C@@H](n2nc(-c3ccc(Oc4ccccc4)cc3)c3c(N)ncnc32)C1)C1CCCC1.Nc1ncnc2c1c(-c1ccc(Oc3ccccc3)cc1)nn2[C@@H]1CCCN(C(=O)/C=C/CNc2ccccn2)C1. The summed E-state index contributed by atoms with van der Waals surface area (Å²) in [6.45, 7) is 5.90. The van der Waals surface area contributed by atoms with Crippen LogP contribution in [0.2, 0.25) is 0 Å². The van der Waals surface area contributed by atoms with Gasteiger partial charge in [-0.15, -0.1) is 0 Å². The lowest BCUT2D eigenvalue weighted by molar-refractivity contribution is -0.128. The predicted octanol–water partition coefficient (Wildman–Crippen LogP) is 15.6. The number of piperidine rings is 2. The summed E-state index contributed by atoms with van der Waals surface area (Å²) in [5.41, 5.74) is 25.9. The number of aromatic nitrogens is 13. The first-order valence-electron chi connectivity index (χ1n) is 42.2. The van der Waals surface area contributed by atoms with Gasteiger partial charge in [-0.3, -0.25) is 24.2 Å². The maximum atomic E-state index is 13.1. The highest BCUT2D eigenvalue weighted by molar-refractivity contribution is 6.01. The second-order valence-corrected chi connectivity index (χ2v) is 31.5. The lowest BCUT2D eigenvalue weighted by Crippen LogP contribution is -2.40. The highest BCUT2D eigenvalue weighted by Gasteiger charge is 2.34.